The molecule has 1 saturated heterocycles. The molecule has 0 bridgehead atoms. The largest absolute Gasteiger partial charge is 0.416 e. The zero-order valence-electron chi connectivity index (χ0n) is 14.7. The van der Waals surface area contributed by atoms with E-state index >= 15 is 0 Å². The summed E-state index contributed by atoms with van der Waals surface area (Å²) in [4.78, 5) is 14.5. The summed E-state index contributed by atoms with van der Waals surface area (Å²) in [6.45, 7) is 2.15. The molecule has 1 aromatic carbocycles. The van der Waals surface area contributed by atoms with Gasteiger partial charge >= 0.3 is 6.18 Å². The number of piperidine rings is 1. The predicted molar refractivity (Wildman–Crippen MR) is 91.2 cm³/mol. The van der Waals surface area contributed by atoms with E-state index in [1.165, 1.54) is 6.07 Å². The first kappa shape index (κ1) is 18.0. The second-order valence-electron chi connectivity index (χ2n) is 7.01. The van der Waals surface area contributed by atoms with Crippen LogP contribution in [0.5, 0.6) is 0 Å². The first-order valence-corrected chi connectivity index (χ1v) is 9.08. The molecule has 2 aliphatic rings. The zero-order chi connectivity index (χ0) is 19.0. The smallest absolute Gasteiger partial charge is 0.359 e. The normalized spacial score (nSPS) is 18.4. The lowest BCUT2D eigenvalue weighted by Crippen LogP contribution is -2.39. The van der Waals surface area contributed by atoms with Gasteiger partial charge in [0.1, 0.15) is 0 Å². The molecule has 27 heavy (non-hydrogen) atoms. The molecule has 1 amide bonds. The van der Waals surface area contributed by atoms with E-state index in [0.29, 0.717) is 55.9 Å². The lowest BCUT2D eigenvalue weighted by atomic mass is 9.86. The van der Waals surface area contributed by atoms with Crippen molar-refractivity contribution >= 4 is 5.91 Å². The average molecular weight is 379 g/mol. The fraction of sp³-hybridized carbons (Fsp3) is 0.474. The van der Waals surface area contributed by atoms with Crippen LogP contribution in [0.25, 0.3) is 0 Å². The van der Waals surface area contributed by atoms with Gasteiger partial charge in [-0.3, -0.25) is 4.79 Å². The topological polar surface area (TPSA) is 58.4 Å². The van der Waals surface area contributed by atoms with Crippen LogP contribution < -0.4 is 5.32 Å². The summed E-state index contributed by atoms with van der Waals surface area (Å²) in [5.41, 5.74) is 0.943. The molecule has 0 radical (unpaired) electrons. The number of carbonyl (C=O) groups excluding carboxylic acids is 1. The van der Waals surface area contributed by atoms with Crippen molar-refractivity contribution in [1.82, 2.24) is 15.4 Å². The van der Waals surface area contributed by atoms with Gasteiger partial charge in [0.15, 0.2) is 11.5 Å². The number of aromatic nitrogens is 1. The van der Waals surface area contributed by atoms with Crippen molar-refractivity contribution in [2.75, 3.05) is 19.6 Å². The van der Waals surface area contributed by atoms with Crippen LogP contribution >= 0.6 is 0 Å². The van der Waals surface area contributed by atoms with Crippen LogP contribution in [0.15, 0.2) is 28.8 Å². The van der Waals surface area contributed by atoms with E-state index in [0.717, 1.165) is 18.2 Å². The lowest BCUT2D eigenvalue weighted by Gasteiger charge is -2.33. The van der Waals surface area contributed by atoms with Gasteiger partial charge in [-0.25, -0.2) is 0 Å². The minimum atomic E-state index is -4.36. The van der Waals surface area contributed by atoms with Crippen molar-refractivity contribution in [3.05, 3.63) is 52.4 Å². The van der Waals surface area contributed by atoms with Crippen LogP contribution in [0.2, 0.25) is 0 Å². The molecular formula is C19H20F3N3O2. The molecule has 1 fully saturated rings. The standard InChI is InChI=1S/C19H20F3N3O2/c20-19(21,22)15-4-2-1-3-13(15)12-6-9-25(10-7-12)18(26)17-14-5-8-23-11-16(14)27-24-17/h1-4,12,23H,5-11H2. The molecule has 1 N–H and O–H groups in total. The summed E-state index contributed by atoms with van der Waals surface area (Å²) in [5, 5.41) is 7.11. The number of likely N-dealkylation sites (tertiary alicyclic amines) is 1. The summed E-state index contributed by atoms with van der Waals surface area (Å²) in [6.07, 6.45) is -2.67. The fourth-order valence-corrected chi connectivity index (χ4v) is 3.98. The number of nitrogens with one attached hydrogen (secondary N) is 1. The average Bonchev–Trinajstić information content (AvgIpc) is 3.11. The Morgan fingerprint density at radius 1 is 1.22 bits per heavy atom. The SMILES string of the molecule is O=C(c1noc2c1CCNC2)N1CCC(c2ccccc2C(F)(F)F)CC1. The minimum absolute atomic E-state index is 0.190. The highest BCUT2D eigenvalue weighted by atomic mass is 19.4. The van der Waals surface area contributed by atoms with Crippen molar-refractivity contribution < 1.29 is 22.5 Å². The van der Waals surface area contributed by atoms with Gasteiger partial charge in [-0.2, -0.15) is 13.2 Å². The molecule has 0 spiro atoms. The molecule has 0 aliphatic carbocycles. The Labute approximate surface area is 154 Å². The summed E-state index contributed by atoms with van der Waals surface area (Å²) in [5.74, 6) is 0.297. The number of rotatable bonds is 2. The third-order valence-corrected chi connectivity index (χ3v) is 5.40. The molecule has 4 rings (SSSR count). The van der Waals surface area contributed by atoms with Crippen LogP contribution in [0.1, 0.15) is 51.7 Å². The molecule has 8 heteroatoms. The van der Waals surface area contributed by atoms with E-state index in [2.05, 4.69) is 10.5 Å². The molecule has 2 aliphatic heterocycles. The number of fused-ring (bicyclic) bond motifs is 1. The van der Waals surface area contributed by atoms with Crippen molar-refractivity contribution in [3.8, 4) is 0 Å². The number of carbonyl (C=O) groups is 1. The number of alkyl halides is 3. The van der Waals surface area contributed by atoms with Crippen LogP contribution in [0, 0.1) is 0 Å². The maximum atomic E-state index is 13.3. The highest BCUT2D eigenvalue weighted by Gasteiger charge is 2.36. The van der Waals surface area contributed by atoms with E-state index in [9.17, 15) is 18.0 Å². The van der Waals surface area contributed by atoms with E-state index in [1.807, 2.05) is 0 Å². The van der Waals surface area contributed by atoms with Gasteiger partial charge < -0.3 is 14.7 Å². The van der Waals surface area contributed by atoms with Gasteiger partial charge in [0, 0.05) is 18.7 Å². The number of halogens is 3. The van der Waals surface area contributed by atoms with E-state index < -0.39 is 11.7 Å². The van der Waals surface area contributed by atoms with E-state index in [4.69, 9.17) is 4.52 Å². The highest BCUT2D eigenvalue weighted by molar-refractivity contribution is 5.94. The molecule has 5 nitrogen and oxygen atoms in total. The number of hydrogen-bond donors (Lipinski definition) is 1. The van der Waals surface area contributed by atoms with Crippen LogP contribution in [-0.2, 0) is 19.1 Å². The molecule has 1 aromatic heterocycles. The summed E-state index contributed by atoms with van der Waals surface area (Å²) in [6, 6.07) is 5.72. The molecule has 3 heterocycles. The summed E-state index contributed by atoms with van der Waals surface area (Å²) >= 11 is 0. The van der Waals surface area contributed by atoms with Gasteiger partial charge in [0.2, 0.25) is 0 Å². The lowest BCUT2D eigenvalue weighted by molar-refractivity contribution is -0.138. The van der Waals surface area contributed by atoms with Gasteiger partial charge in [-0.05, 0) is 43.4 Å². The zero-order valence-corrected chi connectivity index (χ0v) is 14.7. The quantitative estimate of drug-likeness (QED) is 0.869. The first-order chi connectivity index (χ1) is 12.9. The Morgan fingerprint density at radius 2 is 1.96 bits per heavy atom. The van der Waals surface area contributed by atoms with E-state index in [1.54, 1.807) is 17.0 Å². The van der Waals surface area contributed by atoms with Gasteiger partial charge in [0.25, 0.3) is 5.91 Å². The Kier molecular flexibility index (Phi) is 4.67. The van der Waals surface area contributed by atoms with Crippen LogP contribution in [0.3, 0.4) is 0 Å². The molecule has 0 atom stereocenters. The monoisotopic (exact) mass is 379 g/mol. The van der Waals surface area contributed by atoms with Gasteiger partial charge in [-0.1, -0.05) is 23.4 Å². The van der Waals surface area contributed by atoms with Crippen molar-refractivity contribution in [2.45, 2.75) is 37.9 Å². The molecule has 144 valence electrons. The molecule has 0 saturated carbocycles. The minimum Gasteiger partial charge on any atom is -0.359 e. The summed E-state index contributed by atoms with van der Waals surface area (Å²) in [7, 11) is 0. The predicted octanol–water partition coefficient (Wildman–Crippen LogP) is 3.36. The second kappa shape index (κ2) is 6.99. The maximum Gasteiger partial charge on any atom is 0.416 e. The van der Waals surface area contributed by atoms with Crippen LogP contribution in [-0.4, -0.2) is 35.6 Å². The number of nitrogens with zero attached hydrogens (tertiary/aromatic N) is 2. The fourth-order valence-electron chi connectivity index (χ4n) is 3.98. The Balaban J connectivity index is 1.47. The van der Waals surface area contributed by atoms with Gasteiger partial charge in [0.05, 0.1) is 12.1 Å². The Hall–Kier alpha value is -2.35. The number of hydrogen-bond acceptors (Lipinski definition) is 4. The van der Waals surface area contributed by atoms with Crippen LogP contribution in [0.4, 0.5) is 13.2 Å². The Morgan fingerprint density at radius 3 is 2.70 bits per heavy atom. The molecular weight excluding hydrogens is 359 g/mol. The summed E-state index contributed by atoms with van der Waals surface area (Å²) < 4.78 is 45.1. The third-order valence-electron chi connectivity index (χ3n) is 5.40. The number of benzene rings is 1. The van der Waals surface area contributed by atoms with Crippen molar-refractivity contribution in [1.29, 1.82) is 0 Å². The van der Waals surface area contributed by atoms with Crippen molar-refractivity contribution in [3.63, 3.8) is 0 Å². The second-order valence-corrected chi connectivity index (χ2v) is 7.01. The maximum absolute atomic E-state index is 13.3. The number of amides is 1. The third kappa shape index (κ3) is 3.45. The Bertz CT molecular complexity index is 839. The highest BCUT2D eigenvalue weighted by Crippen LogP contribution is 2.38. The molecule has 0 unspecified atom stereocenters. The molecule has 2 aromatic rings. The van der Waals surface area contributed by atoms with Crippen molar-refractivity contribution in [2.24, 2.45) is 0 Å². The van der Waals surface area contributed by atoms with Gasteiger partial charge in [-0.15, -0.1) is 0 Å². The van der Waals surface area contributed by atoms with E-state index in [-0.39, 0.29) is 11.8 Å². The first-order valence-electron chi connectivity index (χ1n) is 9.08.